The van der Waals surface area contributed by atoms with Gasteiger partial charge in [0, 0.05) is 13.1 Å². The highest BCUT2D eigenvalue weighted by molar-refractivity contribution is 5.64. The summed E-state index contributed by atoms with van der Waals surface area (Å²) < 4.78 is 5.43. The standard InChI is InChI=1S/C23H27N5O/c1-17-8-9-21(29-2)20(14-17)25-23-26-22(16-24-27-23)28-12-10-19(11-13-28)15-18-6-4-3-5-7-18/h3-9,14,16,19H,10-13,15H2,1-2H3,(H,25,26,27). The zero-order chi connectivity index (χ0) is 20.1. The van der Waals surface area contributed by atoms with Gasteiger partial charge in [-0.2, -0.15) is 10.1 Å². The molecule has 0 unspecified atom stereocenters. The maximum Gasteiger partial charge on any atom is 0.249 e. The van der Waals surface area contributed by atoms with E-state index in [0.29, 0.717) is 5.95 Å². The molecular weight excluding hydrogens is 362 g/mol. The summed E-state index contributed by atoms with van der Waals surface area (Å²) in [5.74, 6) is 2.83. The number of hydrogen-bond acceptors (Lipinski definition) is 6. The van der Waals surface area contributed by atoms with Crippen LogP contribution < -0.4 is 15.0 Å². The molecule has 29 heavy (non-hydrogen) atoms. The lowest BCUT2D eigenvalue weighted by atomic mass is 9.90. The summed E-state index contributed by atoms with van der Waals surface area (Å²) in [7, 11) is 1.66. The van der Waals surface area contributed by atoms with Crippen LogP contribution in [0.3, 0.4) is 0 Å². The molecule has 4 rings (SSSR count). The number of benzene rings is 2. The molecule has 0 amide bonds. The SMILES string of the molecule is COc1ccc(C)cc1Nc1nncc(N2CCC(Cc3ccccc3)CC2)n1. The lowest BCUT2D eigenvalue weighted by molar-refractivity contribution is 0.402. The van der Waals surface area contributed by atoms with Crippen molar-refractivity contribution < 1.29 is 4.74 Å². The molecule has 0 saturated carbocycles. The highest BCUT2D eigenvalue weighted by Gasteiger charge is 2.21. The molecule has 0 spiro atoms. The molecular formula is C23H27N5O. The Hall–Kier alpha value is -3.15. The lowest BCUT2D eigenvalue weighted by Gasteiger charge is -2.32. The Morgan fingerprint density at radius 3 is 2.66 bits per heavy atom. The predicted octanol–water partition coefficient (Wildman–Crippen LogP) is 4.39. The maximum atomic E-state index is 5.43. The van der Waals surface area contributed by atoms with Gasteiger partial charge in [-0.1, -0.05) is 36.4 Å². The molecule has 3 aromatic rings. The molecule has 2 aromatic carbocycles. The molecule has 1 N–H and O–H groups in total. The molecule has 0 bridgehead atoms. The van der Waals surface area contributed by atoms with E-state index in [2.05, 4.69) is 50.7 Å². The molecule has 0 aliphatic carbocycles. The minimum atomic E-state index is 0.484. The van der Waals surface area contributed by atoms with Crippen LogP contribution in [-0.2, 0) is 6.42 Å². The molecule has 0 radical (unpaired) electrons. The van der Waals surface area contributed by atoms with Gasteiger partial charge < -0.3 is 15.0 Å². The molecule has 1 aromatic heterocycles. The van der Waals surface area contributed by atoms with Gasteiger partial charge in [0.25, 0.3) is 0 Å². The van der Waals surface area contributed by atoms with Gasteiger partial charge in [-0.05, 0) is 55.4 Å². The number of methoxy groups -OCH3 is 1. The first-order chi connectivity index (χ1) is 14.2. The molecule has 0 atom stereocenters. The Morgan fingerprint density at radius 1 is 1.10 bits per heavy atom. The summed E-state index contributed by atoms with van der Waals surface area (Å²) in [5, 5.41) is 11.6. The van der Waals surface area contributed by atoms with Gasteiger partial charge in [0.2, 0.25) is 5.95 Å². The molecule has 6 heteroatoms. The Morgan fingerprint density at radius 2 is 1.90 bits per heavy atom. The van der Waals surface area contributed by atoms with Crippen LogP contribution in [0.2, 0.25) is 0 Å². The fourth-order valence-corrected chi connectivity index (χ4v) is 3.85. The first-order valence-corrected chi connectivity index (χ1v) is 10.1. The molecule has 150 valence electrons. The van der Waals surface area contributed by atoms with E-state index in [1.165, 1.54) is 5.56 Å². The van der Waals surface area contributed by atoms with E-state index in [1.54, 1.807) is 13.3 Å². The fourth-order valence-electron chi connectivity index (χ4n) is 3.85. The van der Waals surface area contributed by atoms with Crippen LogP contribution in [0.4, 0.5) is 17.5 Å². The van der Waals surface area contributed by atoms with Crippen molar-refractivity contribution in [3.05, 3.63) is 65.9 Å². The summed E-state index contributed by atoms with van der Waals surface area (Å²) in [4.78, 5) is 6.99. The van der Waals surface area contributed by atoms with Crippen LogP contribution in [0.15, 0.2) is 54.7 Å². The largest absolute Gasteiger partial charge is 0.495 e. The first kappa shape index (κ1) is 19.2. The second kappa shape index (κ2) is 8.90. The Balaban J connectivity index is 1.40. The third-order valence-corrected chi connectivity index (χ3v) is 5.45. The summed E-state index contributed by atoms with van der Waals surface area (Å²) in [6.07, 6.45) is 5.22. The minimum Gasteiger partial charge on any atom is -0.495 e. The van der Waals surface area contributed by atoms with E-state index in [1.807, 2.05) is 25.1 Å². The number of nitrogens with zero attached hydrogens (tertiary/aromatic N) is 4. The molecule has 1 aliphatic rings. The topological polar surface area (TPSA) is 63.2 Å². The van der Waals surface area contributed by atoms with Crippen molar-refractivity contribution in [3.63, 3.8) is 0 Å². The Kier molecular flexibility index (Phi) is 5.89. The van der Waals surface area contributed by atoms with Gasteiger partial charge in [-0.15, -0.1) is 5.10 Å². The zero-order valence-corrected chi connectivity index (χ0v) is 17.0. The van der Waals surface area contributed by atoms with Gasteiger partial charge >= 0.3 is 0 Å². The van der Waals surface area contributed by atoms with Crippen molar-refractivity contribution in [3.8, 4) is 5.75 Å². The predicted molar refractivity (Wildman–Crippen MR) is 116 cm³/mol. The number of rotatable bonds is 6. The highest BCUT2D eigenvalue weighted by atomic mass is 16.5. The summed E-state index contributed by atoms with van der Waals surface area (Å²) in [6.45, 7) is 4.02. The number of hydrogen-bond donors (Lipinski definition) is 1. The van der Waals surface area contributed by atoms with E-state index in [0.717, 1.165) is 61.1 Å². The molecule has 1 saturated heterocycles. The number of aromatic nitrogens is 3. The van der Waals surface area contributed by atoms with Crippen LogP contribution in [0.25, 0.3) is 0 Å². The zero-order valence-electron chi connectivity index (χ0n) is 17.0. The lowest BCUT2D eigenvalue weighted by Crippen LogP contribution is -2.35. The molecule has 1 aliphatic heterocycles. The number of anilines is 3. The summed E-state index contributed by atoms with van der Waals surface area (Å²) in [5.41, 5.74) is 3.40. The minimum absolute atomic E-state index is 0.484. The third-order valence-electron chi connectivity index (χ3n) is 5.45. The smallest absolute Gasteiger partial charge is 0.249 e. The van der Waals surface area contributed by atoms with Crippen LogP contribution in [0, 0.1) is 12.8 Å². The van der Waals surface area contributed by atoms with Crippen molar-refractivity contribution in [2.24, 2.45) is 5.92 Å². The monoisotopic (exact) mass is 389 g/mol. The van der Waals surface area contributed by atoms with Crippen LogP contribution in [-0.4, -0.2) is 35.4 Å². The summed E-state index contributed by atoms with van der Waals surface area (Å²) in [6, 6.07) is 16.7. The van der Waals surface area contributed by atoms with E-state index >= 15 is 0 Å². The fraction of sp³-hybridized carbons (Fsp3) is 0.348. The van der Waals surface area contributed by atoms with E-state index in [4.69, 9.17) is 9.72 Å². The normalized spacial score (nSPS) is 14.6. The quantitative estimate of drug-likeness (QED) is 0.675. The highest BCUT2D eigenvalue weighted by Crippen LogP contribution is 2.28. The number of aryl methyl sites for hydroxylation is 1. The van der Waals surface area contributed by atoms with Crippen LogP contribution in [0.1, 0.15) is 24.0 Å². The van der Waals surface area contributed by atoms with E-state index in [-0.39, 0.29) is 0 Å². The second-order valence-electron chi connectivity index (χ2n) is 7.59. The van der Waals surface area contributed by atoms with Gasteiger partial charge in [-0.25, -0.2) is 0 Å². The Labute approximate surface area is 172 Å². The molecule has 6 nitrogen and oxygen atoms in total. The van der Waals surface area contributed by atoms with Crippen molar-refractivity contribution in [1.29, 1.82) is 0 Å². The Bertz CT molecular complexity index is 939. The van der Waals surface area contributed by atoms with Crippen molar-refractivity contribution in [1.82, 2.24) is 15.2 Å². The molecule has 2 heterocycles. The number of piperidine rings is 1. The maximum absolute atomic E-state index is 5.43. The van der Waals surface area contributed by atoms with E-state index in [9.17, 15) is 0 Å². The van der Waals surface area contributed by atoms with Crippen LogP contribution >= 0.6 is 0 Å². The van der Waals surface area contributed by atoms with Crippen molar-refractivity contribution >= 4 is 17.5 Å². The van der Waals surface area contributed by atoms with Crippen LogP contribution in [0.5, 0.6) is 5.75 Å². The van der Waals surface area contributed by atoms with Crippen molar-refractivity contribution in [2.75, 3.05) is 30.4 Å². The first-order valence-electron chi connectivity index (χ1n) is 10.1. The third kappa shape index (κ3) is 4.83. The number of nitrogens with one attached hydrogen (secondary N) is 1. The van der Waals surface area contributed by atoms with E-state index < -0.39 is 0 Å². The number of ether oxygens (including phenoxy) is 1. The van der Waals surface area contributed by atoms with Gasteiger partial charge in [0.1, 0.15) is 5.75 Å². The summed E-state index contributed by atoms with van der Waals surface area (Å²) >= 11 is 0. The van der Waals surface area contributed by atoms with Crippen molar-refractivity contribution in [2.45, 2.75) is 26.2 Å². The molecule has 1 fully saturated rings. The van der Waals surface area contributed by atoms with Gasteiger partial charge in [0.15, 0.2) is 5.82 Å². The average molecular weight is 390 g/mol. The van der Waals surface area contributed by atoms with Gasteiger partial charge in [0.05, 0.1) is 19.0 Å². The second-order valence-corrected chi connectivity index (χ2v) is 7.59. The average Bonchev–Trinajstić information content (AvgIpc) is 2.75. The van der Waals surface area contributed by atoms with Gasteiger partial charge in [-0.3, -0.25) is 0 Å².